The van der Waals surface area contributed by atoms with Gasteiger partial charge < -0.3 is 15.1 Å². The molecule has 0 bridgehead atoms. The van der Waals surface area contributed by atoms with Gasteiger partial charge in [-0.1, -0.05) is 0 Å². The van der Waals surface area contributed by atoms with E-state index in [0.717, 1.165) is 48.6 Å². The van der Waals surface area contributed by atoms with E-state index in [0.29, 0.717) is 11.7 Å². The molecular formula is C16H22N2O2S. The number of hydrogen-bond acceptors (Lipinski definition) is 4. The van der Waals surface area contributed by atoms with E-state index in [4.69, 9.17) is 10.1 Å². The molecule has 1 aromatic heterocycles. The highest BCUT2D eigenvalue weighted by atomic mass is 32.2. The van der Waals surface area contributed by atoms with Crippen LogP contribution < -0.4 is 5.56 Å². The Morgan fingerprint density at radius 2 is 2.05 bits per heavy atom. The van der Waals surface area contributed by atoms with E-state index in [-0.39, 0.29) is 5.56 Å². The molecule has 1 unspecified atom stereocenters. The van der Waals surface area contributed by atoms with Crippen LogP contribution in [0.3, 0.4) is 0 Å². The van der Waals surface area contributed by atoms with Crippen molar-refractivity contribution in [3.05, 3.63) is 27.0 Å². The van der Waals surface area contributed by atoms with E-state index in [1.54, 1.807) is 11.8 Å². The molecule has 1 atom stereocenters. The number of hydrogen-bond donors (Lipinski definition) is 2. The number of pyridine rings is 1. The van der Waals surface area contributed by atoms with Gasteiger partial charge in [-0.3, -0.25) is 4.79 Å². The molecule has 4 nitrogen and oxygen atoms in total. The van der Waals surface area contributed by atoms with Crippen LogP contribution in [-0.4, -0.2) is 29.7 Å². The second-order valence-corrected chi connectivity index (χ2v) is 6.84. The van der Waals surface area contributed by atoms with Crippen LogP contribution in [0.5, 0.6) is 0 Å². The van der Waals surface area contributed by atoms with Crippen LogP contribution in [0.1, 0.15) is 48.8 Å². The third-order valence-corrected chi connectivity index (χ3v) is 5.55. The Hall–Kier alpha value is -1.07. The van der Waals surface area contributed by atoms with Crippen LogP contribution in [-0.2, 0) is 17.6 Å². The number of rotatable bonds is 4. The van der Waals surface area contributed by atoms with Gasteiger partial charge in [0.2, 0.25) is 0 Å². The first-order valence-electron chi connectivity index (χ1n) is 7.82. The van der Waals surface area contributed by atoms with Gasteiger partial charge in [0, 0.05) is 18.6 Å². The van der Waals surface area contributed by atoms with E-state index < -0.39 is 0 Å². The van der Waals surface area contributed by atoms with E-state index in [1.165, 1.54) is 31.0 Å². The average molecular weight is 306 g/mol. The second-order valence-electron chi connectivity index (χ2n) is 5.81. The summed E-state index contributed by atoms with van der Waals surface area (Å²) in [5.41, 5.74) is 2.81. The zero-order valence-corrected chi connectivity index (χ0v) is 13.1. The number of aromatic amines is 1. The van der Waals surface area contributed by atoms with Crippen molar-refractivity contribution >= 4 is 18.0 Å². The highest BCUT2D eigenvalue weighted by molar-refractivity contribution is 7.99. The van der Waals surface area contributed by atoms with Crippen molar-refractivity contribution in [2.24, 2.45) is 0 Å². The molecule has 3 rings (SSSR count). The third-order valence-electron chi connectivity index (χ3n) is 4.37. The van der Waals surface area contributed by atoms with Crippen LogP contribution in [0.15, 0.2) is 9.82 Å². The molecule has 1 fully saturated rings. The molecule has 1 aliphatic heterocycles. The number of fused-ring (bicyclic) bond motifs is 1. The topological polar surface area (TPSA) is 65.9 Å². The number of thioether (sulfide) groups is 1. The summed E-state index contributed by atoms with van der Waals surface area (Å²) in [7, 11) is 0. The summed E-state index contributed by atoms with van der Waals surface area (Å²) in [6, 6.07) is 0. The SMILES string of the molecule is N=Cc1c2c(c(SCC3CCCCO3)[nH]c1=O)CCCC2. The molecule has 0 aromatic carbocycles. The molecule has 5 heteroatoms. The number of nitrogens with one attached hydrogen (secondary N) is 2. The normalized spacial score (nSPS) is 21.8. The van der Waals surface area contributed by atoms with Gasteiger partial charge in [-0.05, 0) is 56.1 Å². The Morgan fingerprint density at radius 1 is 1.24 bits per heavy atom. The van der Waals surface area contributed by atoms with Crippen LogP contribution in [0.25, 0.3) is 0 Å². The number of ether oxygens (including phenoxy) is 1. The molecule has 1 aliphatic carbocycles. The summed E-state index contributed by atoms with van der Waals surface area (Å²) in [5, 5.41) is 8.49. The van der Waals surface area contributed by atoms with Crippen LogP contribution in [0.4, 0.5) is 0 Å². The zero-order valence-electron chi connectivity index (χ0n) is 12.2. The molecule has 0 spiro atoms. The highest BCUT2D eigenvalue weighted by Crippen LogP contribution is 2.31. The molecular weight excluding hydrogens is 284 g/mol. The summed E-state index contributed by atoms with van der Waals surface area (Å²) in [6.45, 7) is 0.868. The fourth-order valence-corrected chi connectivity index (χ4v) is 4.41. The lowest BCUT2D eigenvalue weighted by molar-refractivity contribution is 0.0315. The monoisotopic (exact) mass is 306 g/mol. The molecule has 0 saturated carbocycles. The Morgan fingerprint density at radius 3 is 2.76 bits per heavy atom. The second kappa shape index (κ2) is 6.79. The summed E-state index contributed by atoms with van der Waals surface area (Å²) in [6.07, 6.45) is 9.29. The largest absolute Gasteiger partial charge is 0.377 e. The highest BCUT2D eigenvalue weighted by Gasteiger charge is 2.21. The lowest BCUT2D eigenvalue weighted by atomic mass is 9.90. The van der Waals surface area contributed by atoms with Crippen molar-refractivity contribution in [1.82, 2.24) is 4.98 Å². The average Bonchev–Trinajstić information content (AvgIpc) is 2.54. The predicted octanol–water partition coefficient (Wildman–Crippen LogP) is 2.91. The molecule has 2 aliphatic rings. The maximum absolute atomic E-state index is 12.1. The molecule has 2 heterocycles. The van der Waals surface area contributed by atoms with E-state index in [9.17, 15) is 4.79 Å². The number of aromatic nitrogens is 1. The molecule has 1 aromatic rings. The van der Waals surface area contributed by atoms with Gasteiger partial charge in [0.25, 0.3) is 5.56 Å². The van der Waals surface area contributed by atoms with E-state index >= 15 is 0 Å². The van der Waals surface area contributed by atoms with Gasteiger partial charge in [-0.15, -0.1) is 11.8 Å². The third kappa shape index (κ3) is 3.24. The summed E-state index contributed by atoms with van der Waals surface area (Å²) in [4.78, 5) is 15.1. The summed E-state index contributed by atoms with van der Waals surface area (Å²) < 4.78 is 5.77. The van der Waals surface area contributed by atoms with Crippen LogP contribution >= 0.6 is 11.8 Å². The van der Waals surface area contributed by atoms with Gasteiger partial charge in [0.1, 0.15) is 0 Å². The van der Waals surface area contributed by atoms with Crippen molar-refractivity contribution in [3.63, 3.8) is 0 Å². The van der Waals surface area contributed by atoms with E-state index in [2.05, 4.69) is 4.98 Å². The Labute approximate surface area is 129 Å². The molecule has 114 valence electrons. The Bertz CT molecular complexity index is 576. The first kappa shape index (κ1) is 14.9. The standard InChI is InChI=1S/C16H22N2O2S/c17-9-14-12-6-1-2-7-13(12)16(18-15(14)19)21-10-11-5-3-4-8-20-11/h9,11,17H,1-8,10H2,(H,18,19). The fourth-order valence-electron chi connectivity index (χ4n) is 3.23. The first-order chi connectivity index (χ1) is 10.3. The minimum Gasteiger partial charge on any atom is -0.377 e. The van der Waals surface area contributed by atoms with Gasteiger partial charge in [-0.25, -0.2) is 0 Å². The summed E-state index contributed by atoms with van der Waals surface area (Å²) >= 11 is 1.72. The minimum absolute atomic E-state index is 0.113. The van der Waals surface area contributed by atoms with Crippen molar-refractivity contribution in [1.29, 1.82) is 5.41 Å². The van der Waals surface area contributed by atoms with Crippen molar-refractivity contribution in [2.45, 2.75) is 56.1 Å². The molecule has 2 N–H and O–H groups in total. The zero-order chi connectivity index (χ0) is 14.7. The number of H-pyrrole nitrogens is 1. The lowest BCUT2D eigenvalue weighted by Gasteiger charge is -2.24. The molecule has 0 amide bonds. The van der Waals surface area contributed by atoms with Gasteiger partial charge in [0.15, 0.2) is 0 Å². The van der Waals surface area contributed by atoms with Crippen LogP contribution in [0, 0.1) is 5.41 Å². The lowest BCUT2D eigenvalue weighted by Crippen LogP contribution is -2.24. The van der Waals surface area contributed by atoms with Gasteiger partial charge in [-0.2, -0.15) is 0 Å². The van der Waals surface area contributed by atoms with E-state index in [1.807, 2.05) is 0 Å². The minimum atomic E-state index is -0.113. The molecule has 1 saturated heterocycles. The molecule has 21 heavy (non-hydrogen) atoms. The van der Waals surface area contributed by atoms with Crippen molar-refractivity contribution in [2.75, 3.05) is 12.4 Å². The smallest absolute Gasteiger partial charge is 0.257 e. The fraction of sp³-hybridized carbons (Fsp3) is 0.625. The Balaban J connectivity index is 1.82. The first-order valence-corrected chi connectivity index (χ1v) is 8.81. The van der Waals surface area contributed by atoms with Crippen molar-refractivity contribution in [3.8, 4) is 0 Å². The van der Waals surface area contributed by atoms with Crippen molar-refractivity contribution < 1.29 is 4.74 Å². The van der Waals surface area contributed by atoms with Gasteiger partial charge >= 0.3 is 0 Å². The molecule has 0 radical (unpaired) electrons. The predicted molar refractivity (Wildman–Crippen MR) is 85.9 cm³/mol. The van der Waals surface area contributed by atoms with Crippen LogP contribution in [0.2, 0.25) is 0 Å². The quantitative estimate of drug-likeness (QED) is 0.664. The maximum atomic E-state index is 12.1. The summed E-state index contributed by atoms with van der Waals surface area (Å²) in [5.74, 6) is 0.909. The maximum Gasteiger partial charge on any atom is 0.257 e. The van der Waals surface area contributed by atoms with Gasteiger partial charge in [0.05, 0.1) is 16.7 Å². The Kier molecular flexibility index (Phi) is 4.80.